The maximum absolute atomic E-state index is 12.3. The molecule has 1 fully saturated rings. The van der Waals surface area contributed by atoms with Gasteiger partial charge >= 0.3 is 0 Å². The Morgan fingerprint density at radius 1 is 1.50 bits per heavy atom. The van der Waals surface area contributed by atoms with Gasteiger partial charge in [-0.25, -0.2) is 18.1 Å². The van der Waals surface area contributed by atoms with Gasteiger partial charge in [-0.1, -0.05) is 0 Å². The summed E-state index contributed by atoms with van der Waals surface area (Å²) in [6.07, 6.45) is 4.53. The van der Waals surface area contributed by atoms with Crippen LogP contribution in [0, 0.1) is 0 Å². The normalized spacial score (nSPS) is 19.1. The molecular weight excluding hydrogens is 278 g/mol. The van der Waals surface area contributed by atoms with Crippen molar-refractivity contribution in [2.75, 3.05) is 25.0 Å². The number of ether oxygens (including phenoxy) is 1. The van der Waals surface area contributed by atoms with E-state index in [2.05, 4.69) is 15.0 Å². The SMILES string of the molecule is CCNc1ncccc1S(=O)(=O)NCCC1CCCO1. The number of anilines is 1. The van der Waals surface area contributed by atoms with E-state index < -0.39 is 10.0 Å². The number of rotatable bonds is 7. The van der Waals surface area contributed by atoms with E-state index in [0.717, 1.165) is 19.4 Å². The van der Waals surface area contributed by atoms with E-state index in [0.29, 0.717) is 25.3 Å². The number of nitrogens with one attached hydrogen (secondary N) is 2. The minimum absolute atomic E-state index is 0.180. The van der Waals surface area contributed by atoms with E-state index in [9.17, 15) is 8.42 Å². The van der Waals surface area contributed by atoms with Crippen molar-refractivity contribution in [2.24, 2.45) is 0 Å². The lowest BCUT2D eigenvalue weighted by Gasteiger charge is -2.13. The van der Waals surface area contributed by atoms with Gasteiger partial charge in [-0.2, -0.15) is 0 Å². The number of pyridine rings is 1. The van der Waals surface area contributed by atoms with Crippen LogP contribution in [-0.4, -0.2) is 39.2 Å². The summed E-state index contributed by atoms with van der Waals surface area (Å²) in [4.78, 5) is 4.25. The minimum atomic E-state index is -3.54. The average molecular weight is 299 g/mol. The predicted molar refractivity (Wildman–Crippen MR) is 77.2 cm³/mol. The van der Waals surface area contributed by atoms with Crippen molar-refractivity contribution in [3.05, 3.63) is 18.3 Å². The van der Waals surface area contributed by atoms with Crippen LogP contribution in [0.4, 0.5) is 5.82 Å². The summed E-state index contributed by atoms with van der Waals surface area (Å²) in [6.45, 7) is 3.68. The minimum Gasteiger partial charge on any atom is -0.378 e. The molecule has 0 radical (unpaired) electrons. The average Bonchev–Trinajstić information content (AvgIpc) is 2.92. The lowest BCUT2D eigenvalue weighted by atomic mass is 10.2. The molecule has 2 N–H and O–H groups in total. The molecule has 0 spiro atoms. The monoisotopic (exact) mass is 299 g/mol. The van der Waals surface area contributed by atoms with E-state index in [1.54, 1.807) is 18.3 Å². The third-order valence-corrected chi connectivity index (χ3v) is 4.68. The van der Waals surface area contributed by atoms with E-state index in [-0.39, 0.29) is 11.0 Å². The standard InChI is InChI=1S/C13H21N3O3S/c1-2-14-13-12(6-3-8-15-13)20(17,18)16-9-7-11-5-4-10-19-11/h3,6,8,11,16H,2,4-5,7,9-10H2,1H3,(H,14,15). The van der Waals surface area contributed by atoms with E-state index in [4.69, 9.17) is 4.74 Å². The Balaban J connectivity index is 1.98. The second-order valence-electron chi connectivity index (χ2n) is 4.70. The molecule has 1 aliphatic heterocycles. The molecule has 2 heterocycles. The highest BCUT2D eigenvalue weighted by molar-refractivity contribution is 7.89. The molecule has 1 saturated heterocycles. The molecule has 112 valence electrons. The van der Waals surface area contributed by atoms with Crippen molar-refractivity contribution in [3.8, 4) is 0 Å². The first-order valence-electron chi connectivity index (χ1n) is 6.93. The van der Waals surface area contributed by atoms with Gasteiger partial charge in [-0.05, 0) is 38.3 Å². The summed E-state index contributed by atoms with van der Waals surface area (Å²) >= 11 is 0. The summed E-state index contributed by atoms with van der Waals surface area (Å²) in [5, 5.41) is 2.96. The molecular formula is C13H21N3O3S. The number of hydrogen-bond donors (Lipinski definition) is 2. The fraction of sp³-hybridized carbons (Fsp3) is 0.615. The lowest BCUT2D eigenvalue weighted by molar-refractivity contribution is 0.105. The first kappa shape index (κ1) is 15.2. The van der Waals surface area contributed by atoms with Crippen molar-refractivity contribution in [2.45, 2.75) is 37.2 Å². The van der Waals surface area contributed by atoms with Crippen molar-refractivity contribution in [3.63, 3.8) is 0 Å². The molecule has 0 saturated carbocycles. The molecule has 0 amide bonds. The Morgan fingerprint density at radius 3 is 3.05 bits per heavy atom. The van der Waals surface area contributed by atoms with Crippen molar-refractivity contribution in [1.82, 2.24) is 9.71 Å². The van der Waals surface area contributed by atoms with Crippen molar-refractivity contribution >= 4 is 15.8 Å². The second-order valence-corrected chi connectivity index (χ2v) is 6.44. The smallest absolute Gasteiger partial charge is 0.244 e. The Morgan fingerprint density at radius 2 is 2.35 bits per heavy atom. The zero-order chi connectivity index (χ0) is 14.4. The number of aromatic nitrogens is 1. The third kappa shape index (κ3) is 3.91. The van der Waals surface area contributed by atoms with Crippen molar-refractivity contribution < 1.29 is 13.2 Å². The molecule has 0 aliphatic carbocycles. The van der Waals surface area contributed by atoms with Gasteiger partial charge in [0.05, 0.1) is 6.10 Å². The van der Waals surface area contributed by atoms with Crippen LogP contribution < -0.4 is 10.0 Å². The summed E-state index contributed by atoms with van der Waals surface area (Å²) in [5.74, 6) is 0.389. The van der Waals surface area contributed by atoms with Gasteiger partial charge in [-0.3, -0.25) is 0 Å². The second kappa shape index (κ2) is 7.01. The summed E-state index contributed by atoms with van der Waals surface area (Å²) in [5.41, 5.74) is 0. The number of sulfonamides is 1. The number of hydrogen-bond acceptors (Lipinski definition) is 5. The van der Waals surface area contributed by atoms with Gasteiger partial charge in [0, 0.05) is 25.9 Å². The summed E-state index contributed by atoms with van der Waals surface area (Å²) in [7, 11) is -3.54. The molecule has 0 bridgehead atoms. The molecule has 1 atom stereocenters. The zero-order valence-electron chi connectivity index (χ0n) is 11.6. The van der Waals surface area contributed by atoms with Gasteiger partial charge in [0.2, 0.25) is 10.0 Å². The van der Waals surface area contributed by atoms with E-state index in [1.165, 1.54) is 0 Å². The molecule has 6 nitrogen and oxygen atoms in total. The van der Waals surface area contributed by atoms with Crippen LogP contribution in [0.2, 0.25) is 0 Å². The molecule has 2 rings (SSSR count). The molecule has 7 heteroatoms. The van der Waals surface area contributed by atoms with Crippen LogP contribution >= 0.6 is 0 Å². The van der Waals surface area contributed by atoms with Gasteiger partial charge in [0.15, 0.2) is 0 Å². The van der Waals surface area contributed by atoms with E-state index >= 15 is 0 Å². The highest BCUT2D eigenvalue weighted by atomic mass is 32.2. The summed E-state index contributed by atoms with van der Waals surface area (Å²) < 4.78 is 32.6. The maximum atomic E-state index is 12.3. The van der Waals surface area contributed by atoms with Crippen LogP contribution in [0.1, 0.15) is 26.2 Å². The molecule has 1 aliphatic rings. The van der Waals surface area contributed by atoms with Crippen LogP contribution in [0.5, 0.6) is 0 Å². The molecule has 1 aromatic heterocycles. The fourth-order valence-corrected chi connectivity index (χ4v) is 3.39. The quantitative estimate of drug-likeness (QED) is 0.794. The van der Waals surface area contributed by atoms with E-state index in [1.807, 2.05) is 6.92 Å². The third-order valence-electron chi connectivity index (χ3n) is 3.19. The maximum Gasteiger partial charge on any atom is 0.244 e. The number of nitrogens with zero attached hydrogens (tertiary/aromatic N) is 1. The molecule has 0 aromatic carbocycles. The van der Waals surface area contributed by atoms with Gasteiger partial charge < -0.3 is 10.1 Å². The van der Waals surface area contributed by atoms with Gasteiger partial charge in [0.1, 0.15) is 10.7 Å². The van der Waals surface area contributed by atoms with Crippen LogP contribution in [0.15, 0.2) is 23.2 Å². The summed E-state index contributed by atoms with van der Waals surface area (Å²) in [6, 6.07) is 3.18. The zero-order valence-corrected chi connectivity index (χ0v) is 12.4. The Bertz CT molecular complexity index is 527. The van der Waals surface area contributed by atoms with Crippen LogP contribution in [0.25, 0.3) is 0 Å². The van der Waals surface area contributed by atoms with Crippen molar-refractivity contribution in [1.29, 1.82) is 0 Å². The van der Waals surface area contributed by atoms with Crippen LogP contribution in [0.3, 0.4) is 0 Å². The Hall–Kier alpha value is -1.18. The molecule has 1 unspecified atom stereocenters. The topological polar surface area (TPSA) is 80.3 Å². The van der Waals surface area contributed by atoms with Crippen LogP contribution in [-0.2, 0) is 14.8 Å². The largest absolute Gasteiger partial charge is 0.378 e. The molecule has 20 heavy (non-hydrogen) atoms. The predicted octanol–water partition coefficient (Wildman–Crippen LogP) is 1.36. The lowest BCUT2D eigenvalue weighted by Crippen LogP contribution is -2.28. The van der Waals surface area contributed by atoms with Gasteiger partial charge in [0.25, 0.3) is 0 Å². The Kier molecular flexibility index (Phi) is 5.33. The highest BCUT2D eigenvalue weighted by Crippen LogP contribution is 2.18. The highest BCUT2D eigenvalue weighted by Gasteiger charge is 2.20. The first-order valence-corrected chi connectivity index (χ1v) is 8.42. The molecule has 1 aromatic rings. The fourth-order valence-electron chi connectivity index (χ4n) is 2.21. The van der Waals surface area contributed by atoms with Gasteiger partial charge in [-0.15, -0.1) is 0 Å². The first-order chi connectivity index (χ1) is 9.63. The Labute approximate surface area is 120 Å².